The molecule has 76 valence electrons. The van der Waals surface area contributed by atoms with E-state index in [1.807, 2.05) is 0 Å². The Kier molecular flexibility index (Phi) is 1.78. The summed E-state index contributed by atoms with van der Waals surface area (Å²) in [5.41, 5.74) is 3.96. The van der Waals surface area contributed by atoms with Crippen molar-refractivity contribution in [2.75, 3.05) is 0 Å². The maximum atomic E-state index is 4.33. The highest BCUT2D eigenvalue weighted by Gasteiger charge is 2.36. The van der Waals surface area contributed by atoms with Crippen LogP contribution >= 0.6 is 0 Å². The van der Waals surface area contributed by atoms with Crippen molar-refractivity contribution in [2.45, 2.75) is 26.2 Å². The molecular weight excluding hydrogens is 184 g/mol. The molecule has 0 atom stereocenters. The molecule has 0 spiro atoms. The number of benzene rings is 1. The van der Waals surface area contributed by atoms with Crippen molar-refractivity contribution in [2.24, 2.45) is 5.41 Å². The summed E-state index contributed by atoms with van der Waals surface area (Å²) in [6.07, 6.45) is 7.41. The van der Waals surface area contributed by atoms with Gasteiger partial charge in [0.25, 0.3) is 0 Å². The van der Waals surface area contributed by atoms with Crippen molar-refractivity contribution in [1.29, 1.82) is 0 Å². The van der Waals surface area contributed by atoms with Crippen LogP contribution in [0.5, 0.6) is 0 Å². The van der Waals surface area contributed by atoms with E-state index in [-0.39, 0.29) is 0 Å². The van der Waals surface area contributed by atoms with Crippen LogP contribution in [-0.4, -0.2) is 9.97 Å². The zero-order chi connectivity index (χ0) is 10.3. The first-order chi connectivity index (χ1) is 7.25. The van der Waals surface area contributed by atoms with E-state index >= 15 is 0 Å². The summed E-state index contributed by atoms with van der Waals surface area (Å²) in [7, 11) is 0. The number of hydrogen-bond acceptors (Lipinski definition) is 2. The standard InChI is InChI=1S/C13H14N2/c1-13(4-5-13)9-10-2-3-11-12(8-10)15-7-6-14-11/h2-3,6-8H,4-5,9H2,1H3. The van der Waals surface area contributed by atoms with Gasteiger partial charge in [0, 0.05) is 12.4 Å². The van der Waals surface area contributed by atoms with E-state index in [1.165, 1.54) is 24.8 Å². The summed E-state index contributed by atoms with van der Waals surface area (Å²) >= 11 is 0. The van der Waals surface area contributed by atoms with Crippen LogP contribution in [0.15, 0.2) is 30.6 Å². The number of hydrogen-bond donors (Lipinski definition) is 0. The Morgan fingerprint density at radius 1 is 1.13 bits per heavy atom. The zero-order valence-electron chi connectivity index (χ0n) is 8.90. The van der Waals surface area contributed by atoms with E-state index < -0.39 is 0 Å². The van der Waals surface area contributed by atoms with E-state index in [1.54, 1.807) is 12.4 Å². The molecule has 15 heavy (non-hydrogen) atoms. The van der Waals surface area contributed by atoms with Crippen LogP contribution in [0.3, 0.4) is 0 Å². The Hall–Kier alpha value is -1.44. The first-order valence-corrected chi connectivity index (χ1v) is 5.45. The molecule has 1 aliphatic rings. The second kappa shape index (κ2) is 3.02. The quantitative estimate of drug-likeness (QED) is 0.741. The summed E-state index contributed by atoms with van der Waals surface area (Å²) in [5.74, 6) is 0. The first kappa shape index (κ1) is 8.84. The lowest BCUT2D eigenvalue weighted by Crippen LogP contribution is -1.98. The van der Waals surface area contributed by atoms with Gasteiger partial charge in [0.05, 0.1) is 11.0 Å². The van der Waals surface area contributed by atoms with Crippen molar-refractivity contribution in [1.82, 2.24) is 9.97 Å². The highest BCUT2D eigenvalue weighted by atomic mass is 14.8. The average molecular weight is 198 g/mol. The average Bonchev–Trinajstić information content (AvgIpc) is 2.96. The van der Waals surface area contributed by atoms with E-state index in [0.29, 0.717) is 5.41 Å². The molecule has 0 amide bonds. The van der Waals surface area contributed by atoms with Gasteiger partial charge in [-0.2, -0.15) is 0 Å². The summed E-state index contributed by atoms with van der Waals surface area (Å²) in [5, 5.41) is 0. The predicted octanol–water partition coefficient (Wildman–Crippen LogP) is 2.97. The van der Waals surface area contributed by atoms with Crippen LogP contribution in [0.4, 0.5) is 0 Å². The fourth-order valence-electron chi connectivity index (χ4n) is 2.00. The lowest BCUT2D eigenvalue weighted by Gasteiger charge is -2.08. The van der Waals surface area contributed by atoms with Gasteiger partial charge in [0.15, 0.2) is 0 Å². The monoisotopic (exact) mass is 198 g/mol. The van der Waals surface area contributed by atoms with E-state index in [4.69, 9.17) is 0 Å². The Bertz CT molecular complexity index is 501. The van der Waals surface area contributed by atoms with Gasteiger partial charge in [0.1, 0.15) is 0 Å². The van der Waals surface area contributed by atoms with Crippen LogP contribution < -0.4 is 0 Å². The maximum absolute atomic E-state index is 4.33. The van der Waals surface area contributed by atoms with Gasteiger partial charge in [-0.15, -0.1) is 0 Å². The molecule has 2 aromatic rings. The van der Waals surface area contributed by atoms with Gasteiger partial charge in [-0.25, -0.2) is 0 Å². The summed E-state index contributed by atoms with van der Waals surface area (Å²) in [6, 6.07) is 6.43. The largest absolute Gasteiger partial charge is 0.253 e. The second-order valence-corrected chi connectivity index (χ2v) is 4.87. The summed E-state index contributed by atoms with van der Waals surface area (Å²) in [4.78, 5) is 8.60. The highest BCUT2D eigenvalue weighted by Crippen LogP contribution is 2.47. The number of fused-ring (bicyclic) bond motifs is 1. The molecule has 1 aromatic heterocycles. The molecule has 0 bridgehead atoms. The van der Waals surface area contributed by atoms with Crippen LogP contribution in [0, 0.1) is 5.41 Å². The Labute approximate surface area is 89.4 Å². The Morgan fingerprint density at radius 2 is 1.87 bits per heavy atom. The minimum Gasteiger partial charge on any atom is -0.253 e. The van der Waals surface area contributed by atoms with E-state index in [2.05, 4.69) is 35.1 Å². The molecule has 2 nitrogen and oxygen atoms in total. The van der Waals surface area contributed by atoms with Gasteiger partial charge >= 0.3 is 0 Å². The minimum atomic E-state index is 0.565. The van der Waals surface area contributed by atoms with Gasteiger partial charge in [-0.3, -0.25) is 9.97 Å². The molecule has 2 heteroatoms. The third-order valence-electron chi connectivity index (χ3n) is 3.27. The summed E-state index contributed by atoms with van der Waals surface area (Å²) < 4.78 is 0. The van der Waals surface area contributed by atoms with Crippen LogP contribution in [0.2, 0.25) is 0 Å². The SMILES string of the molecule is CC1(Cc2ccc3nccnc3c2)CC1. The molecule has 0 aliphatic heterocycles. The topological polar surface area (TPSA) is 25.8 Å². The molecule has 3 rings (SSSR count). The molecule has 1 heterocycles. The molecule has 1 aliphatic carbocycles. The third-order valence-corrected chi connectivity index (χ3v) is 3.27. The lowest BCUT2D eigenvalue weighted by atomic mass is 9.98. The Balaban J connectivity index is 1.99. The molecule has 0 radical (unpaired) electrons. The number of nitrogens with zero attached hydrogens (tertiary/aromatic N) is 2. The lowest BCUT2D eigenvalue weighted by molar-refractivity contribution is 0.570. The van der Waals surface area contributed by atoms with Gasteiger partial charge in [-0.05, 0) is 42.4 Å². The van der Waals surface area contributed by atoms with Crippen molar-refractivity contribution < 1.29 is 0 Å². The molecule has 0 unspecified atom stereocenters. The maximum Gasteiger partial charge on any atom is 0.0889 e. The molecule has 0 saturated heterocycles. The van der Waals surface area contributed by atoms with Crippen molar-refractivity contribution >= 4 is 11.0 Å². The van der Waals surface area contributed by atoms with Crippen LogP contribution in [0.1, 0.15) is 25.3 Å². The second-order valence-electron chi connectivity index (χ2n) is 4.87. The van der Waals surface area contributed by atoms with Gasteiger partial charge in [0.2, 0.25) is 0 Å². The minimum absolute atomic E-state index is 0.565. The van der Waals surface area contributed by atoms with Crippen molar-refractivity contribution in [3.63, 3.8) is 0 Å². The number of rotatable bonds is 2. The molecule has 1 aromatic carbocycles. The van der Waals surface area contributed by atoms with E-state index in [9.17, 15) is 0 Å². The molecular formula is C13H14N2. The van der Waals surface area contributed by atoms with Gasteiger partial charge in [-0.1, -0.05) is 13.0 Å². The van der Waals surface area contributed by atoms with E-state index in [0.717, 1.165) is 11.0 Å². The predicted molar refractivity (Wildman–Crippen MR) is 60.6 cm³/mol. The highest BCUT2D eigenvalue weighted by molar-refractivity contribution is 5.74. The zero-order valence-corrected chi connectivity index (χ0v) is 8.90. The van der Waals surface area contributed by atoms with Crippen LogP contribution in [-0.2, 0) is 6.42 Å². The molecule has 1 saturated carbocycles. The fraction of sp³-hybridized carbons (Fsp3) is 0.385. The molecule has 0 N–H and O–H groups in total. The first-order valence-electron chi connectivity index (χ1n) is 5.45. The van der Waals surface area contributed by atoms with Crippen molar-refractivity contribution in [3.8, 4) is 0 Å². The fourth-order valence-corrected chi connectivity index (χ4v) is 2.00. The number of aromatic nitrogens is 2. The smallest absolute Gasteiger partial charge is 0.0889 e. The normalized spacial score (nSPS) is 17.9. The van der Waals surface area contributed by atoms with Crippen LogP contribution in [0.25, 0.3) is 11.0 Å². The van der Waals surface area contributed by atoms with Crippen molar-refractivity contribution in [3.05, 3.63) is 36.2 Å². The molecule has 1 fully saturated rings. The Morgan fingerprint density at radius 3 is 2.60 bits per heavy atom. The van der Waals surface area contributed by atoms with Gasteiger partial charge < -0.3 is 0 Å². The third kappa shape index (κ3) is 1.72. The summed E-state index contributed by atoms with van der Waals surface area (Å²) in [6.45, 7) is 2.36.